The fraction of sp³-hybridized carbons (Fsp3) is 0.290. The molecule has 0 amide bonds. The van der Waals surface area contributed by atoms with Gasteiger partial charge < -0.3 is 24.5 Å². The zero-order valence-corrected chi connectivity index (χ0v) is 21.6. The van der Waals surface area contributed by atoms with Crippen LogP contribution in [-0.2, 0) is 0 Å². The predicted octanol–water partition coefficient (Wildman–Crippen LogP) is 5.77. The number of hydrogen-bond donors (Lipinski definition) is 2. The van der Waals surface area contributed by atoms with E-state index in [0.717, 1.165) is 102 Å². The lowest BCUT2D eigenvalue weighted by Crippen LogP contribution is -2.24. The molecule has 0 saturated heterocycles. The zero-order chi connectivity index (χ0) is 25.7. The molecule has 6 rings (SSSR count). The zero-order valence-electron chi connectivity index (χ0n) is 21.6. The molecule has 0 fully saturated rings. The third kappa shape index (κ3) is 5.37. The Balaban J connectivity index is 1.18. The Labute approximate surface area is 222 Å². The predicted molar refractivity (Wildman–Crippen MR) is 151 cm³/mol. The second-order valence-corrected chi connectivity index (χ2v) is 9.54. The molecule has 0 radical (unpaired) electrons. The van der Waals surface area contributed by atoms with Gasteiger partial charge in [-0.25, -0.2) is 0 Å². The quantitative estimate of drug-likeness (QED) is 0.266. The van der Waals surface area contributed by atoms with Crippen LogP contribution in [-0.4, -0.2) is 44.1 Å². The normalized spacial score (nSPS) is 15.5. The van der Waals surface area contributed by atoms with E-state index in [2.05, 4.69) is 45.7 Å². The summed E-state index contributed by atoms with van der Waals surface area (Å²) in [7, 11) is 0. The molecule has 7 heteroatoms. The first kappa shape index (κ1) is 24.1. The number of hydrogen-bond acceptors (Lipinski definition) is 7. The van der Waals surface area contributed by atoms with Crippen LogP contribution in [0.1, 0.15) is 37.3 Å². The van der Waals surface area contributed by atoms with Gasteiger partial charge in [-0.3, -0.25) is 9.98 Å². The average Bonchev–Trinajstić information content (AvgIpc) is 3.74. The Hall–Kier alpha value is -4.26. The van der Waals surface area contributed by atoms with Crippen molar-refractivity contribution in [1.29, 1.82) is 0 Å². The van der Waals surface area contributed by atoms with Crippen molar-refractivity contribution in [2.75, 3.05) is 26.2 Å². The van der Waals surface area contributed by atoms with Crippen LogP contribution in [0.5, 0.6) is 11.5 Å². The second kappa shape index (κ2) is 11.0. The van der Waals surface area contributed by atoms with E-state index in [1.54, 1.807) is 0 Å². The summed E-state index contributed by atoms with van der Waals surface area (Å²) in [6.45, 7) is 5.57. The number of nitrogens with one attached hydrogen (secondary N) is 2. The molecule has 1 aromatic heterocycles. The van der Waals surface area contributed by atoms with Crippen molar-refractivity contribution in [1.82, 2.24) is 10.6 Å². The van der Waals surface area contributed by atoms with Crippen LogP contribution in [0, 0.1) is 0 Å². The SMILES string of the molecule is CCCCC(Oc1ccc(C2=NCCN2)cc1)Oc1cccc(-c2cc3ccc(C4=NCCN4)cc3o2)c1. The van der Waals surface area contributed by atoms with E-state index in [0.29, 0.717) is 0 Å². The Morgan fingerprint density at radius 3 is 2.26 bits per heavy atom. The lowest BCUT2D eigenvalue weighted by atomic mass is 10.1. The van der Waals surface area contributed by atoms with Crippen LogP contribution in [0.4, 0.5) is 0 Å². The molecule has 0 bridgehead atoms. The highest BCUT2D eigenvalue weighted by Crippen LogP contribution is 2.31. The maximum absolute atomic E-state index is 6.35. The van der Waals surface area contributed by atoms with Crippen molar-refractivity contribution >= 4 is 22.6 Å². The van der Waals surface area contributed by atoms with Gasteiger partial charge in [0.05, 0.1) is 13.1 Å². The van der Waals surface area contributed by atoms with Crippen LogP contribution >= 0.6 is 0 Å². The first-order chi connectivity index (χ1) is 18.7. The molecule has 2 aliphatic rings. The summed E-state index contributed by atoms with van der Waals surface area (Å²) in [4.78, 5) is 9.00. The van der Waals surface area contributed by atoms with Gasteiger partial charge in [0, 0.05) is 41.6 Å². The average molecular weight is 509 g/mol. The number of unbranched alkanes of at least 4 members (excludes halogenated alkanes) is 1. The molecule has 0 aliphatic carbocycles. The van der Waals surface area contributed by atoms with Gasteiger partial charge in [0.2, 0.25) is 6.29 Å². The second-order valence-electron chi connectivity index (χ2n) is 9.54. The molecule has 2 N–H and O–H groups in total. The molecule has 0 spiro atoms. The lowest BCUT2D eigenvalue weighted by molar-refractivity contribution is -0.00209. The fourth-order valence-electron chi connectivity index (χ4n) is 4.73. The third-order valence-corrected chi connectivity index (χ3v) is 6.72. The summed E-state index contributed by atoms with van der Waals surface area (Å²) in [5, 5.41) is 7.68. The minimum atomic E-state index is -0.393. The molecule has 7 nitrogen and oxygen atoms in total. The Bertz CT molecular complexity index is 1470. The molecule has 1 atom stereocenters. The standard InChI is InChI=1S/C31H32N4O3/c1-2-3-7-29(36-25-12-10-21(11-13-25)30-32-14-15-33-30)37-26-6-4-5-22(18-26)27-19-23-8-9-24(20-28(23)38-27)31-34-16-17-35-31/h4-6,8-13,18-20,29H,2-3,7,14-17H2,1H3,(H,32,33)(H,34,35). The smallest absolute Gasteiger partial charge is 0.241 e. The summed E-state index contributed by atoms with van der Waals surface area (Å²) in [6, 6.07) is 24.3. The van der Waals surface area contributed by atoms with Gasteiger partial charge in [0.1, 0.15) is 34.5 Å². The number of rotatable bonds is 10. The molecule has 3 heterocycles. The van der Waals surface area contributed by atoms with E-state index in [1.165, 1.54) is 0 Å². The molecule has 1 unspecified atom stereocenters. The summed E-state index contributed by atoms with van der Waals surface area (Å²) >= 11 is 0. The largest absolute Gasteiger partial charge is 0.456 e. The highest BCUT2D eigenvalue weighted by atomic mass is 16.7. The molecule has 3 aromatic carbocycles. The fourth-order valence-corrected chi connectivity index (χ4v) is 4.73. The summed E-state index contributed by atoms with van der Waals surface area (Å²) in [5.41, 5.74) is 3.91. The lowest BCUT2D eigenvalue weighted by Gasteiger charge is -2.21. The topological polar surface area (TPSA) is 80.4 Å². The number of aliphatic imine (C=N–C) groups is 2. The summed E-state index contributed by atoms with van der Waals surface area (Å²) in [6.07, 6.45) is 2.48. The van der Waals surface area contributed by atoms with Crippen molar-refractivity contribution in [3.63, 3.8) is 0 Å². The van der Waals surface area contributed by atoms with Crippen molar-refractivity contribution in [2.45, 2.75) is 32.5 Å². The van der Waals surface area contributed by atoms with Crippen molar-refractivity contribution in [3.8, 4) is 22.8 Å². The maximum atomic E-state index is 6.35. The highest BCUT2D eigenvalue weighted by Gasteiger charge is 2.16. The van der Waals surface area contributed by atoms with Gasteiger partial charge >= 0.3 is 0 Å². The van der Waals surface area contributed by atoms with E-state index in [1.807, 2.05) is 54.6 Å². The first-order valence-electron chi connectivity index (χ1n) is 13.4. The van der Waals surface area contributed by atoms with E-state index in [9.17, 15) is 0 Å². The Kier molecular flexibility index (Phi) is 6.98. The Morgan fingerprint density at radius 1 is 0.789 bits per heavy atom. The van der Waals surface area contributed by atoms with Crippen LogP contribution in [0.15, 0.2) is 87.2 Å². The van der Waals surface area contributed by atoms with Gasteiger partial charge in [-0.15, -0.1) is 0 Å². The van der Waals surface area contributed by atoms with Gasteiger partial charge in [0.25, 0.3) is 0 Å². The van der Waals surface area contributed by atoms with E-state index in [4.69, 9.17) is 13.9 Å². The van der Waals surface area contributed by atoms with Crippen LogP contribution in [0.25, 0.3) is 22.3 Å². The van der Waals surface area contributed by atoms with Crippen molar-refractivity contribution in [2.24, 2.45) is 9.98 Å². The number of amidine groups is 2. The summed E-state index contributed by atoms with van der Waals surface area (Å²) in [5.74, 6) is 4.19. The first-order valence-corrected chi connectivity index (χ1v) is 13.4. The van der Waals surface area contributed by atoms with Crippen LogP contribution in [0.2, 0.25) is 0 Å². The molecule has 38 heavy (non-hydrogen) atoms. The van der Waals surface area contributed by atoms with Crippen molar-refractivity contribution in [3.05, 3.63) is 83.9 Å². The Morgan fingerprint density at radius 2 is 1.53 bits per heavy atom. The third-order valence-electron chi connectivity index (χ3n) is 6.72. The van der Waals surface area contributed by atoms with Crippen molar-refractivity contribution < 1.29 is 13.9 Å². The highest BCUT2D eigenvalue weighted by molar-refractivity contribution is 6.02. The number of furan rings is 1. The molecule has 194 valence electrons. The minimum Gasteiger partial charge on any atom is -0.456 e. The molecule has 0 saturated carbocycles. The molecule has 4 aromatic rings. The number of fused-ring (bicyclic) bond motifs is 1. The monoisotopic (exact) mass is 508 g/mol. The minimum absolute atomic E-state index is 0.393. The van der Waals surface area contributed by atoms with E-state index < -0.39 is 6.29 Å². The number of benzene rings is 3. The van der Waals surface area contributed by atoms with E-state index >= 15 is 0 Å². The van der Waals surface area contributed by atoms with Gasteiger partial charge in [-0.2, -0.15) is 0 Å². The van der Waals surface area contributed by atoms with Crippen LogP contribution in [0.3, 0.4) is 0 Å². The van der Waals surface area contributed by atoms with Gasteiger partial charge in [-0.1, -0.05) is 37.6 Å². The van der Waals surface area contributed by atoms with E-state index in [-0.39, 0.29) is 0 Å². The molecular weight excluding hydrogens is 476 g/mol. The number of ether oxygens (including phenoxy) is 2. The number of nitrogens with zero attached hydrogens (tertiary/aromatic N) is 2. The maximum Gasteiger partial charge on any atom is 0.241 e. The van der Waals surface area contributed by atoms with Gasteiger partial charge in [0.15, 0.2) is 0 Å². The van der Waals surface area contributed by atoms with Gasteiger partial charge in [-0.05, 0) is 55.0 Å². The molecular formula is C31H32N4O3. The molecule has 2 aliphatic heterocycles. The summed E-state index contributed by atoms with van der Waals surface area (Å²) < 4.78 is 18.9. The van der Waals surface area contributed by atoms with Crippen LogP contribution < -0.4 is 20.1 Å².